The highest BCUT2D eigenvalue weighted by atomic mass is 14.8. The summed E-state index contributed by atoms with van der Waals surface area (Å²) in [5.74, 6) is 0. The molecule has 0 atom stereocenters. The zero-order valence-corrected chi connectivity index (χ0v) is 36.9. The molecule has 8 bridgehead atoms. The first-order valence-corrected chi connectivity index (χ1v) is 23.3. The molecule has 3 aromatic heterocycles. The Kier molecular flexibility index (Phi) is 12.4. The van der Waals surface area contributed by atoms with Gasteiger partial charge in [-0.2, -0.15) is 0 Å². The number of aromatic nitrogens is 4. The highest BCUT2D eigenvalue weighted by Gasteiger charge is 2.23. The second-order valence-corrected chi connectivity index (χ2v) is 17.1. The van der Waals surface area contributed by atoms with Crippen LogP contribution in [0.15, 0.2) is 170 Å². The molecule has 2 aliphatic rings. The number of nitrogens with zero attached hydrogens (tertiary/aromatic N) is 2. The third-order valence-electron chi connectivity index (χ3n) is 12.9. The quantitative estimate of drug-likeness (QED) is 0.101. The fourth-order valence-electron chi connectivity index (χ4n) is 9.72. The van der Waals surface area contributed by atoms with Crippen molar-refractivity contribution in [2.45, 2.75) is 57.8 Å². The van der Waals surface area contributed by atoms with Gasteiger partial charge in [0.2, 0.25) is 0 Å². The van der Waals surface area contributed by atoms with Gasteiger partial charge in [0.15, 0.2) is 0 Å². The Labute approximate surface area is 382 Å². The lowest BCUT2D eigenvalue weighted by Crippen LogP contribution is -1.92. The molecule has 5 aromatic carbocycles. The monoisotopic (exact) mass is 842 g/mol. The third kappa shape index (κ3) is 8.86. The summed E-state index contributed by atoms with van der Waals surface area (Å²) < 4.78 is 0. The molecule has 318 valence electrons. The first-order valence-electron chi connectivity index (χ1n) is 23.3. The molecule has 2 N–H and O–H groups in total. The molecule has 0 amide bonds. The number of benzene rings is 5. The van der Waals surface area contributed by atoms with Crippen LogP contribution in [0, 0.1) is 0 Å². The Bertz CT molecular complexity index is 3160. The highest BCUT2D eigenvalue weighted by Crippen LogP contribution is 2.41. The van der Waals surface area contributed by atoms with Crippen LogP contribution < -0.4 is 0 Å². The molecule has 8 aromatic rings. The van der Waals surface area contributed by atoms with E-state index in [9.17, 15) is 0 Å². The third-order valence-corrected chi connectivity index (χ3v) is 12.9. The normalized spacial score (nSPS) is 11.9. The van der Waals surface area contributed by atoms with Crippen LogP contribution in [-0.2, 0) is 12.8 Å². The van der Waals surface area contributed by atoms with Crippen molar-refractivity contribution in [2.75, 3.05) is 0 Å². The Balaban J connectivity index is 1.19. The molecular formula is C61H54N4. The summed E-state index contributed by atoms with van der Waals surface area (Å²) in [4.78, 5) is 19.1. The molecule has 0 unspecified atom stereocenters. The summed E-state index contributed by atoms with van der Waals surface area (Å²) in [6.45, 7) is 4.52. The lowest BCUT2D eigenvalue weighted by atomic mass is 9.95. The number of rotatable bonds is 15. The molecule has 0 spiro atoms. The summed E-state index contributed by atoms with van der Waals surface area (Å²) in [7, 11) is 0. The Morgan fingerprint density at radius 2 is 0.738 bits per heavy atom. The zero-order chi connectivity index (χ0) is 43.8. The van der Waals surface area contributed by atoms with Gasteiger partial charge in [0.25, 0.3) is 0 Å². The number of unbranched alkanes of at least 4 members (excludes halogenated alkanes) is 6. The van der Waals surface area contributed by atoms with E-state index in [1.807, 2.05) is 0 Å². The molecule has 65 heavy (non-hydrogen) atoms. The molecule has 0 radical (unpaired) electrons. The number of aryl methyl sites for hydroxylation is 2. The second-order valence-electron chi connectivity index (χ2n) is 17.1. The lowest BCUT2D eigenvalue weighted by molar-refractivity contribution is 0.579. The van der Waals surface area contributed by atoms with Gasteiger partial charge in [0.1, 0.15) is 0 Å². The van der Waals surface area contributed by atoms with Gasteiger partial charge in [0.05, 0.1) is 33.8 Å². The van der Waals surface area contributed by atoms with Crippen molar-refractivity contribution in [3.8, 4) is 44.5 Å². The summed E-state index contributed by atoms with van der Waals surface area (Å²) in [5.41, 5.74) is 20.1. The standard InChI is InChI=1S/C61H54N4/c1-2-48-49(36-24-7-5-3-4-6-13-25-43-26-14-8-15-27-43)61-59(47-34-22-12-23-35-47)55-42-40-53(64-55)57(45-30-18-10-19-31-45)51-38-37-50(62-51)56(44-28-16-9-17-29-44)52-39-41-54(63-52)58(60(48)65-61)46-32-20-11-21-33-46/h2,8-12,14-23,26-35,37-42,62,65H,1,3-7,13,24-25,36H2. The Morgan fingerprint density at radius 1 is 0.369 bits per heavy atom. The molecule has 10 rings (SSSR count). The van der Waals surface area contributed by atoms with Gasteiger partial charge < -0.3 is 9.97 Å². The molecular weight excluding hydrogens is 789 g/mol. The zero-order valence-electron chi connectivity index (χ0n) is 36.9. The predicted octanol–water partition coefficient (Wildman–Crippen LogP) is 16.5. The number of fused-ring (bicyclic) bond motifs is 8. The maximum Gasteiger partial charge on any atom is 0.0737 e. The van der Waals surface area contributed by atoms with Gasteiger partial charge in [-0.1, -0.05) is 196 Å². The van der Waals surface area contributed by atoms with E-state index >= 15 is 0 Å². The van der Waals surface area contributed by atoms with Crippen LogP contribution >= 0.6 is 0 Å². The number of aromatic amines is 2. The Morgan fingerprint density at radius 3 is 1.18 bits per heavy atom. The largest absolute Gasteiger partial charge is 0.354 e. The molecule has 5 heterocycles. The van der Waals surface area contributed by atoms with Crippen molar-refractivity contribution in [2.24, 2.45) is 0 Å². The molecule has 0 aliphatic carbocycles. The van der Waals surface area contributed by atoms with Crippen molar-refractivity contribution < 1.29 is 0 Å². The van der Waals surface area contributed by atoms with Crippen molar-refractivity contribution >= 4 is 52.4 Å². The van der Waals surface area contributed by atoms with Gasteiger partial charge in [0, 0.05) is 38.9 Å². The molecule has 0 saturated carbocycles. The smallest absolute Gasteiger partial charge is 0.0737 e. The van der Waals surface area contributed by atoms with E-state index in [1.54, 1.807) is 0 Å². The minimum Gasteiger partial charge on any atom is -0.354 e. The van der Waals surface area contributed by atoms with E-state index in [2.05, 4.69) is 211 Å². The predicted molar refractivity (Wildman–Crippen MR) is 277 cm³/mol. The van der Waals surface area contributed by atoms with Crippen molar-refractivity contribution in [3.05, 3.63) is 210 Å². The van der Waals surface area contributed by atoms with E-state index in [0.717, 1.165) is 114 Å². The summed E-state index contributed by atoms with van der Waals surface area (Å²) in [6.07, 6.45) is 21.4. The van der Waals surface area contributed by atoms with E-state index in [-0.39, 0.29) is 0 Å². The van der Waals surface area contributed by atoms with Crippen LogP contribution in [0.4, 0.5) is 0 Å². The van der Waals surface area contributed by atoms with Crippen LogP contribution in [0.2, 0.25) is 0 Å². The summed E-state index contributed by atoms with van der Waals surface area (Å²) >= 11 is 0. The van der Waals surface area contributed by atoms with Crippen molar-refractivity contribution in [3.63, 3.8) is 0 Å². The van der Waals surface area contributed by atoms with Gasteiger partial charge >= 0.3 is 0 Å². The second kappa shape index (κ2) is 19.5. The van der Waals surface area contributed by atoms with Gasteiger partial charge in [-0.05, 0) is 95.5 Å². The van der Waals surface area contributed by atoms with E-state index in [0.29, 0.717) is 0 Å². The molecule has 0 fully saturated rings. The van der Waals surface area contributed by atoms with Crippen LogP contribution in [0.5, 0.6) is 0 Å². The fourth-order valence-corrected chi connectivity index (χ4v) is 9.72. The summed E-state index contributed by atoms with van der Waals surface area (Å²) in [5, 5.41) is 0. The molecule has 0 saturated heterocycles. The van der Waals surface area contributed by atoms with Gasteiger partial charge in [-0.25, -0.2) is 9.97 Å². The van der Waals surface area contributed by atoms with Crippen LogP contribution in [0.25, 0.3) is 97.0 Å². The van der Waals surface area contributed by atoms with Crippen LogP contribution in [-0.4, -0.2) is 19.9 Å². The maximum absolute atomic E-state index is 5.58. The van der Waals surface area contributed by atoms with Crippen LogP contribution in [0.3, 0.4) is 0 Å². The molecule has 2 aliphatic heterocycles. The summed E-state index contributed by atoms with van der Waals surface area (Å²) in [6, 6.07) is 58.0. The lowest BCUT2D eigenvalue weighted by Gasteiger charge is -2.08. The van der Waals surface area contributed by atoms with E-state index < -0.39 is 0 Å². The minimum atomic E-state index is 0.902. The number of hydrogen-bond donors (Lipinski definition) is 2. The van der Waals surface area contributed by atoms with Gasteiger partial charge in [-0.3, -0.25) is 0 Å². The minimum absolute atomic E-state index is 0.902. The fraction of sp³-hybridized carbons (Fsp3) is 0.148. The van der Waals surface area contributed by atoms with E-state index in [1.165, 1.54) is 49.7 Å². The highest BCUT2D eigenvalue weighted by molar-refractivity contribution is 6.03. The first kappa shape index (κ1) is 41.5. The molecule has 4 heteroatoms. The van der Waals surface area contributed by atoms with Gasteiger partial charge in [-0.15, -0.1) is 0 Å². The van der Waals surface area contributed by atoms with Crippen LogP contribution in [0.1, 0.15) is 84.4 Å². The first-order chi connectivity index (χ1) is 32.2. The maximum atomic E-state index is 5.58. The Hall–Kier alpha value is -7.56. The van der Waals surface area contributed by atoms with Crippen molar-refractivity contribution in [1.82, 2.24) is 19.9 Å². The average Bonchev–Trinajstić information content (AvgIpc) is 4.20. The number of nitrogens with one attached hydrogen (secondary N) is 2. The van der Waals surface area contributed by atoms with E-state index in [4.69, 9.17) is 9.97 Å². The molecule has 4 nitrogen and oxygen atoms in total. The average molecular weight is 843 g/mol. The topological polar surface area (TPSA) is 57.4 Å². The SMILES string of the molecule is C=Cc1c(CCCCCCCCCc2ccccc2)c2[nH]c1c(-c1ccccc1)c1nc(c(-c3ccccc3)c3ccc([nH]3)c(-c3ccccc3)c3nc(c2-c2ccccc2)C=C3)C=C1. The number of hydrogen-bond acceptors (Lipinski definition) is 2. The number of H-pyrrole nitrogens is 2. The van der Waals surface area contributed by atoms with Crippen molar-refractivity contribution in [1.29, 1.82) is 0 Å².